The van der Waals surface area contributed by atoms with Crippen molar-refractivity contribution < 1.29 is 14.6 Å². The van der Waals surface area contributed by atoms with Crippen molar-refractivity contribution in [1.29, 1.82) is 0 Å². The van der Waals surface area contributed by atoms with Crippen LogP contribution in [0.1, 0.15) is 58.8 Å². The molecule has 7 rings (SSSR count). The number of phenolic OH excluding ortho intramolecular Hbond substituents is 1. The third-order valence-corrected chi connectivity index (χ3v) is 8.42. The fourth-order valence-corrected chi connectivity index (χ4v) is 6.75. The molecule has 0 unspecified atom stereocenters. The minimum Gasteiger partial charge on any atom is -0.507 e. The van der Waals surface area contributed by atoms with Crippen molar-refractivity contribution in [2.24, 2.45) is 0 Å². The Hall–Kier alpha value is -3.53. The van der Waals surface area contributed by atoms with Crippen LogP contribution in [0.3, 0.4) is 0 Å². The number of piperidine rings is 2. The van der Waals surface area contributed by atoms with E-state index in [-0.39, 0.29) is 16.8 Å². The van der Waals surface area contributed by atoms with Gasteiger partial charge in [0.25, 0.3) is 5.88 Å². The Kier molecular flexibility index (Phi) is 5.43. The van der Waals surface area contributed by atoms with E-state index in [9.17, 15) is 5.11 Å². The van der Waals surface area contributed by atoms with Gasteiger partial charge in [-0.05, 0) is 70.9 Å². The molecule has 1 aromatic carbocycles. The quantitative estimate of drug-likeness (QED) is 0.518. The smallest absolute Gasteiger partial charge is 0.276 e. The zero-order chi connectivity index (χ0) is 25.9. The molecule has 2 aromatic heterocycles. The van der Waals surface area contributed by atoms with Gasteiger partial charge in [-0.25, -0.2) is 4.98 Å². The number of hydrogen-bond donors (Lipinski definition) is 2. The van der Waals surface area contributed by atoms with Gasteiger partial charge in [-0.15, -0.1) is 20.4 Å². The summed E-state index contributed by atoms with van der Waals surface area (Å²) < 4.78 is 11.1. The number of nitrogens with zero attached hydrogens (tertiary/aromatic N) is 6. The summed E-state index contributed by atoms with van der Waals surface area (Å²) in [6.07, 6.45) is 10.1. The number of hydrogen-bond acceptors (Lipinski definition) is 10. The highest BCUT2D eigenvalue weighted by molar-refractivity contribution is 5.72. The first-order valence-electron chi connectivity index (χ1n) is 13.6. The number of benzene rings is 1. The number of rotatable bonds is 5. The lowest BCUT2D eigenvalue weighted by Crippen LogP contribution is -2.67. The van der Waals surface area contributed by atoms with Gasteiger partial charge in [0.1, 0.15) is 19.0 Å². The van der Waals surface area contributed by atoms with Crippen molar-refractivity contribution in [2.75, 3.05) is 18.1 Å². The van der Waals surface area contributed by atoms with Crippen molar-refractivity contribution in [3.63, 3.8) is 0 Å². The third-order valence-electron chi connectivity index (χ3n) is 8.42. The molecule has 3 fully saturated rings. The van der Waals surface area contributed by atoms with Gasteiger partial charge in [0.15, 0.2) is 17.4 Å². The summed E-state index contributed by atoms with van der Waals surface area (Å²) in [7, 11) is 0. The second kappa shape index (κ2) is 8.76. The predicted octanol–water partition coefficient (Wildman–Crippen LogP) is 3.89. The molecule has 3 aliphatic heterocycles. The predicted molar refractivity (Wildman–Crippen MR) is 141 cm³/mol. The number of nitrogens with one attached hydrogen (secondary N) is 1. The van der Waals surface area contributed by atoms with Crippen molar-refractivity contribution in [2.45, 2.75) is 82.0 Å². The van der Waals surface area contributed by atoms with Crippen LogP contribution < -0.4 is 19.7 Å². The molecule has 10 heteroatoms. The van der Waals surface area contributed by atoms with Gasteiger partial charge in [0.05, 0.1) is 17.5 Å². The maximum atomic E-state index is 10.8. The van der Waals surface area contributed by atoms with Crippen LogP contribution in [0.25, 0.3) is 22.6 Å². The summed E-state index contributed by atoms with van der Waals surface area (Å²) in [5.41, 5.74) is 2.14. The molecule has 4 aliphatic rings. The summed E-state index contributed by atoms with van der Waals surface area (Å²) in [6.45, 7) is 5.67. The molecule has 1 aliphatic carbocycles. The SMILES string of the molecule is C[C@]12CCC[C@](C)(C[C@@H](N(c3cnc(-c4ccc(-c5cc6c(nn5)OCCO6)cc4O)nn3)C3CC3)C1)N2. The minimum atomic E-state index is 0.0554. The van der Waals surface area contributed by atoms with Crippen molar-refractivity contribution >= 4 is 5.82 Å². The third kappa shape index (κ3) is 4.30. The summed E-state index contributed by atoms with van der Waals surface area (Å²) in [6, 6.07) is 7.98. The molecule has 5 heterocycles. The first-order chi connectivity index (χ1) is 18.4. The Labute approximate surface area is 221 Å². The van der Waals surface area contributed by atoms with E-state index in [1.165, 1.54) is 32.1 Å². The van der Waals surface area contributed by atoms with Crippen LogP contribution in [0.4, 0.5) is 5.82 Å². The molecule has 1 saturated carbocycles. The molecule has 38 heavy (non-hydrogen) atoms. The monoisotopic (exact) mass is 515 g/mol. The Balaban J connectivity index is 1.13. The van der Waals surface area contributed by atoms with Crippen molar-refractivity contribution in [3.8, 4) is 40.0 Å². The Morgan fingerprint density at radius 1 is 0.947 bits per heavy atom. The second-order valence-electron chi connectivity index (χ2n) is 11.8. The first-order valence-corrected chi connectivity index (χ1v) is 13.6. The summed E-state index contributed by atoms with van der Waals surface area (Å²) >= 11 is 0. The zero-order valence-corrected chi connectivity index (χ0v) is 21.9. The highest BCUT2D eigenvalue weighted by Gasteiger charge is 2.49. The Morgan fingerprint density at radius 3 is 2.45 bits per heavy atom. The van der Waals surface area contributed by atoms with E-state index < -0.39 is 0 Å². The van der Waals surface area contributed by atoms with E-state index in [1.807, 2.05) is 12.3 Å². The summed E-state index contributed by atoms with van der Waals surface area (Å²) in [5, 5.41) is 32.2. The maximum Gasteiger partial charge on any atom is 0.276 e. The van der Waals surface area contributed by atoms with E-state index in [0.717, 1.165) is 18.7 Å². The average molecular weight is 516 g/mol. The van der Waals surface area contributed by atoms with Gasteiger partial charge in [0, 0.05) is 34.8 Å². The molecule has 3 aromatic rings. The van der Waals surface area contributed by atoms with Gasteiger partial charge in [0.2, 0.25) is 0 Å². The van der Waals surface area contributed by atoms with Crippen LogP contribution >= 0.6 is 0 Å². The normalized spacial score (nSPS) is 28.1. The number of ether oxygens (including phenoxy) is 2. The number of anilines is 1. The van der Waals surface area contributed by atoms with E-state index >= 15 is 0 Å². The van der Waals surface area contributed by atoms with Gasteiger partial charge in [-0.2, -0.15) is 0 Å². The summed E-state index contributed by atoms with van der Waals surface area (Å²) in [5.74, 6) is 2.21. The van der Waals surface area contributed by atoms with Crippen LogP contribution in [-0.4, -0.2) is 66.9 Å². The molecule has 0 radical (unpaired) electrons. The number of phenols is 1. The number of aromatic hydroxyl groups is 1. The number of fused-ring (bicyclic) bond motifs is 3. The zero-order valence-electron chi connectivity index (χ0n) is 21.9. The molecule has 0 amide bonds. The maximum absolute atomic E-state index is 10.8. The van der Waals surface area contributed by atoms with Gasteiger partial charge in [-0.3, -0.25) is 0 Å². The summed E-state index contributed by atoms with van der Waals surface area (Å²) in [4.78, 5) is 7.13. The van der Waals surface area contributed by atoms with E-state index in [4.69, 9.17) is 9.47 Å². The fourth-order valence-electron chi connectivity index (χ4n) is 6.75. The molecular weight excluding hydrogens is 482 g/mol. The molecule has 10 nitrogen and oxygen atoms in total. The highest BCUT2D eigenvalue weighted by atomic mass is 16.6. The van der Waals surface area contributed by atoms with Crippen molar-refractivity contribution in [1.82, 2.24) is 30.7 Å². The van der Waals surface area contributed by atoms with E-state index in [0.29, 0.717) is 59.6 Å². The second-order valence-corrected chi connectivity index (χ2v) is 11.8. The lowest BCUT2D eigenvalue weighted by Gasteiger charge is -2.55. The van der Waals surface area contributed by atoms with Crippen molar-refractivity contribution in [3.05, 3.63) is 30.5 Å². The molecule has 3 atom stereocenters. The topological polar surface area (TPSA) is 118 Å². The van der Waals surface area contributed by atoms with Gasteiger partial charge in [-0.1, -0.05) is 6.07 Å². The largest absolute Gasteiger partial charge is 0.507 e. The average Bonchev–Trinajstić information content (AvgIpc) is 3.73. The molecule has 198 valence electrons. The first kappa shape index (κ1) is 23.6. The molecular formula is C28H33N7O3. The Morgan fingerprint density at radius 2 is 1.74 bits per heavy atom. The number of aromatic nitrogens is 5. The van der Waals surface area contributed by atoms with Gasteiger partial charge >= 0.3 is 0 Å². The van der Waals surface area contributed by atoms with Gasteiger partial charge < -0.3 is 24.8 Å². The van der Waals surface area contributed by atoms with Crippen LogP contribution in [0.2, 0.25) is 0 Å². The lowest BCUT2D eigenvalue weighted by atomic mass is 9.69. The molecule has 0 spiro atoms. The molecule has 2 bridgehead atoms. The molecule has 2 saturated heterocycles. The Bertz CT molecular complexity index is 1350. The lowest BCUT2D eigenvalue weighted by molar-refractivity contribution is 0.0766. The van der Waals surface area contributed by atoms with Crippen LogP contribution in [0.5, 0.6) is 17.4 Å². The highest BCUT2D eigenvalue weighted by Crippen LogP contribution is 2.45. The van der Waals surface area contributed by atoms with E-state index in [2.05, 4.69) is 49.4 Å². The van der Waals surface area contributed by atoms with Crippen LogP contribution in [0, 0.1) is 0 Å². The minimum absolute atomic E-state index is 0.0554. The van der Waals surface area contributed by atoms with E-state index in [1.54, 1.807) is 18.2 Å². The standard InChI is InChI=1S/C28H33N7O3/c1-27-8-3-9-28(2,34-27)15-19(14-27)35(18-5-6-18)24-16-29-25(32-31-24)20-7-4-17(12-22(20)36)21-13-23-26(33-30-21)38-11-10-37-23/h4,7,12-13,16,18-19,34,36H,3,5-6,8-11,14-15H2,1-2H3/t19-,27-,28+. The van der Waals surface area contributed by atoms with Crippen LogP contribution in [-0.2, 0) is 0 Å². The fraction of sp³-hybridized carbons (Fsp3) is 0.536. The van der Waals surface area contributed by atoms with Crippen LogP contribution in [0.15, 0.2) is 30.5 Å². The molecule has 2 N–H and O–H groups in total.